The van der Waals surface area contributed by atoms with Crippen LogP contribution in [0.3, 0.4) is 0 Å². The fourth-order valence-corrected chi connectivity index (χ4v) is 3.26. The average Bonchev–Trinajstić information content (AvgIpc) is 2.73. The summed E-state index contributed by atoms with van der Waals surface area (Å²) in [5, 5.41) is 2.84. The van der Waals surface area contributed by atoms with Gasteiger partial charge >= 0.3 is 6.18 Å². The Bertz CT molecular complexity index is 537. The maximum atomic E-state index is 12.6. The van der Waals surface area contributed by atoms with Crippen LogP contribution in [-0.4, -0.2) is 36.5 Å². The summed E-state index contributed by atoms with van der Waals surface area (Å²) >= 11 is 0. The maximum Gasteiger partial charge on any atom is 0.416 e. The van der Waals surface area contributed by atoms with Crippen molar-refractivity contribution in [3.05, 3.63) is 35.4 Å². The quantitative estimate of drug-likeness (QED) is 0.930. The summed E-state index contributed by atoms with van der Waals surface area (Å²) in [6.07, 6.45) is -3.56. The van der Waals surface area contributed by atoms with Gasteiger partial charge < -0.3 is 10.2 Å². The first-order valence-electron chi connectivity index (χ1n) is 7.30. The summed E-state index contributed by atoms with van der Waals surface area (Å²) in [5.41, 5.74) is -0.207. The summed E-state index contributed by atoms with van der Waals surface area (Å²) < 4.78 is 37.9. The topological polar surface area (TPSA) is 32.3 Å². The normalized spacial score (nSPS) is 21.2. The largest absolute Gasteiger partial charge is 0.416 e. The number of amides is 1. The molecule has 0 aromatic heterocycles. The lowest BCUT2D eigenvalue weighted by Gasteiger charge is -2.36. The van der Waals surface area contributed by atoms with Gasteiger partial charge in [0.25, 0.3) is 0 Å². The van der Waals surface area contributed by atoms with E-state index in [-0.39, 0.29) is 18.4 Å². The predicted octanol–water partition coefficient (Wildman–Crippen LogP) is 3.02. The number of halogens is 3. The Labute approximate surface area is 128 Å². The molecular formula is C16H21F3N2O. The van der Waals surface area contributed by atoms with Crippen molar-refractivity contribution in [3.8, 4) is 0 Å². The lowest BCUT2D eigenvalue weighted by Crippen LogP contribution is -2.48. The molecule has 1 amide bonds. The number of rotatable bonds is 3. The Morgan fingerprint density at radius 3 is 2.41 bits per heavy atom. The zero-order valence-electron chi connectivity index (χ0n) is 13.0. The summed E-state index contributed by atoms with van der Waals surface area (Å²) in [4.78, 5) is 13.9. The number of hydrogen-bond acceptors (Lipinski definition) is 2. The minimum absolute atomic E-state index is 0.0157. The van der Waals surface area contributed by atoms with E-state index >= 15 is 0 Å². The van der Waals surface area contributed by atoms with Gasteiger partial charge in [-0.15, -0.1) is 0 Å². The first kappa shape index (κ1) is 16.8. The van der Waals surface area contributed by atoms with E-state index in [9.17, 15) is 18.0 Å². The lowest BCUT2D eigenvalue weighted by molar-refractivity contribution is -0.137. The van der Waals surface area contributed by atoms with Crippen LogP contribution in [0.15, 0.2) is 24.3 Å². The van der Waals surface area contributed by atoms with E-state index in [4.69, 9.17) is 0 Å². The number of carbonyl (C=O) groups excluding carboxylic acids is 1. The minimum Gasteiger partial charge on any atom is -0.336 e. The predicted molar refractivity (Wildman–Crippen MR) is 78.5 cm³/mol. The highest BCUT2D eigenvalue weighted by molar-refractivity contribution is 5.79. The van der Waals surface area contributed by atoms with Gasteiger partial charge in [-0.1, -0.05) is 12.1 Å². The molecule has 0 bridgehead atoms. The molecule has 1 aromatic rings. The van der Waals surface area contributed by atoms with Crippen LogP contribution in [0.5, 0.6) is 0 Å². The highest BCUT2D eigenvalue weighted by atomic mass is 19.4. The third-order valence-electron chi connectivity index (χ3n) is 4.46. The fourth-order valence-electron chi connectivity index (χ4n) is 3.26. The van der Waals surface area contributed by atoms with Crippen LogP contribution >= 0.6 is 0 Å². The monoisotopic (exact) mass is 314 g/mol. The van der Waals surface area contributed by atoms with Crippen LogP contribution in [0.4, 0.5) is 13.2 Å². The van der Waals surface area contributed by atoms with Crippen molar-refractivity contribution < 1.29 is 18.0 Å². The molecule has 2 rings (SSSR count). The van der Waals surface area contributed by atoms with Crippen molar-refractivity contribution in [2.45, 2.75) is 37.9 Å². The van der Waals surface area contributed by atoms with Crippen LogP contribution < -0.4 is 5.32 Å². The SMILES string of the molecule is CNCC(=O)N1CCC(c2ccc(C(F)(F)F)cc2)C1(C)C. The Balaban J connectivity index is 2.21. The smallest absolute Gasteiger partial charge is 0.336 e. The Kier molecular flexibility index (Phi) is 4.52. The van der Waals surface area contributed by atoms with Gasteiger partial charge in [-0.05, 0) is 45.0 Å². The first-order valence-corrected chi connectivity index (χ1v) is 7.30. The first-order chi connectivity index (χ1) is 10.2. The van der Waals surface area contributed by atoms with E-state index in [0.29, 0.717) is 6.54 Å². The number of nitrogens with zero attached hydrogens (tertiary/aromatic N) is 1. The molecule has 0 spiro atoms. The van der Waals surface area contributed by atoms with Crippen LogP contribution in [-0.2, 0) is 11.0 Å². The third kappa shape index (κ3) is 3.11. The number of carbonyl (C=O) groups is 1. The van der Waals surface area contributed by atoms with Gasteiger partial charge in [0.05, 0.1) is 12.1 Å². The molecule has 0 aliphatic carbocycles. The molecule has 1 fully saturated rings. The molecule has 1 unspecified atom stereocenters. The van der Waals surface area contributed by atoms with Gasteiger partial charge in [0.2, 0.25) is 5.91 Å². The Morgan fingerprint density at radius 2 is 1.91 bits per heavy atom. The maximum absolute atomic E-state index is 12.6. The third-order valence-corrected chi connectivity index (χ3v) is 4.46. The summed E-state index contributed by atoms with van der Waals surface area (Å²) in [6.45, 7) is 4.83. The number of likely N-dealkylation sites (N-methyl/N-ethyl adjacent to an activating group) is 1. The molecule has 0 saturated carbocycles. The molecule has 122 valence electrons. The number of nitrogens with one attached hydrogen (secondary N) is 1. The number of hydrogen-bond donors (Lipinski definition) is 1. The van der Waals surface area contributed by atoms with Gasteiger partial charge in [-0.2, -0.15) is 13.2 Å². The zero-order chi connectivity index (χ0) is 16.5. The van der Waals surface area contributed by atoms with E-state index in [1.54, 1.807) is 7.05 Å². The lowest BCUT2D eigenvalue weighted by atomic mass is 9.82. The number of benzene rings is 1. The molecule has 1 heterocycles. The summed E-state index contributed by atoms with van der Waals surface area (Å²) in [7, 11) is 1.72. The number of alkyl halides is 3. The van der Waals surface area contributed by atoms with E-state index in [0.717, 1.165) is 24.1 Å². The van der Waals surface area contributed by atoms with Gasteiger partial charge in [0.15, 0.2) is 0 Å². The molecule has 1 aliphatic rings. The van der Waals surface area contributed by atoms with Crippen molar-refractivity contribution in [1.82, 2.24) is 10.2 Å². The summed E-state index contributed by atoms with van der Waals surface area (Å²) in [6, 6.07) is 5.29. The molecule has 1 saturated heterocycles. The highest BCUT2D eigenvalue weighted by Gasteiger charge is 2.44. The van der Waals surface area contributed by atoms with Crippen LogP contribution in [0.25, 0.3) is 0 Å². The Hall–Kier alpha value is -1.56. The second-order valence-corrected chi connectivity index (χ2v) is 6.19. The molecule has 1 aromatic carbocycles. The molecule has 22 heavy (non-hydrogen) atoms. The van der Waals surface area contributed by atoms with E-state index in [1.165, 1.54) is 12.1 Å². The highest BCUT2D eigenvalue weighted by Crippen LogP contribution is 2.42. The molecule has 6 heteroatoms. The van der Waals surface area contributed by atoms with Gasteiger partial charge in [-0.25, -0.2) is 0 Å². The second-order valence-electron chi connectivity index (χ2n) is 6.19. The van der Waals surface area contributed by atoms with E-state index < -0.39 is 17.3 Å². The van der Waals surface area contributed by atoms with Crippen molar-refractivity contribution in [1.29, 1.82) is 0 Å². The molecular weight excluding hydrogens is 293 g/mol. The fraction of sp³-hybridized carbons (Fsp3) is 0.562. The number of likely N-dealkylation sites (tertiary alicyclic amines) is 1. The summed E-state index contributed by atoms with van der Waals surface area (Å²) in [5.74, 6) is 0.0532. The minimum atomic E-state index is -4.32. The molecule has 3 nitrogen and oxygen atoms in total. The van der Waals surface area contributed by atoms with Crippen molar-refractivity contribution in [2.75, 3.05) is 20.1 Å². The molecule has 1 aliphatic heterocycles. The average molecular weight is 314 g/mol. The van der Waals surface area contributed by atoms with E-state index in [2.05, 4.69) is 5.32 Å². The van der Waals surface area contributed by atoms with Crippen LogP contribution in [0.1, 0.15) is 37.3 Å². The van der Waals surface area contributed by atoms with Gasteiger partial charge in [0, 0.05) is 18.0 Å². The molecule has 0 radical (unpaired) electrons. The van der Waals surface area contributed by atoms with Gasteiger partial charge in [-0.3, -0.25) is 4.79 Å². The second kappa shape index (κ2) is 5.91. The molecule has 1 N–H and O–H groups in total. The van der Waals surface area contributed by atoms with Crippen LogP contribution in [0.2, 0.25) is 0 Å². The molecule has 1 atom stereocenters. The zero-order valence-corrected chi connectivity index (χ0v) is 13.0. The van der Waals surface area contributed by atoms with Crippen molar-refractivity contribution >= 4 is 5.91 Å². The van der Waals surface area contributed by atoms with Crippen molar-refractivity contribution in [2.24, 2.45) is 0 Å². The Morgan fingerprint density at radius 1 is 1.32 bits per heavy atom. The van der Waals surface area contributed by atoms with Crippen molar-refractivity contribution in [3.63, 3.8) is 0 Å². The van der Waals surface area contributed by atoms with Crippen LogP contribution in [0, 0.1) is 0 Å². The standard InChI is InChI=1S/C16H21F3N2O/c1-15(2)13(8-9-21(15)14(22)10-20-3)11-4-6-12(7-5-11)16(17,18)19/h4-7,13,20H,8-10H2,1-3H3. The van der Waals surface area contributed by atoms with Gasteiger partial charge in [0.1, 0.15) is 0 Å². The van der Waals surface area contributed by atoms with E-state index in [1.807, 2.05) is 18.7 Å².